The highest BCUT2D eigenvalue weighted by Crippen LogP contribution is 2.17. The molecule has 1 radical (unpaired) electrons. The number of hydrogen-bond acceptors (Lipinski definition) is 2. The van der Waals surface area contributed by atoms with Gasteiger partial charge in [-0.1, -0.05) is 36.4 Å². The van der Waals surface area contributed by atoms with E-state index in [1.54, 1.807) is 18.4 Å². The molecule has 0 saturated carbocycles. The molecule has 0 spiro atoms. The lowest BCUT2D eigenvalue weighted by atomic mass is 10.3. The second kappa shape index (κ2) is 5.52. The van der Waals surface area contributed by atoms with Gasteiger partial charge in [-0.25, -0.2) is 0 Å². The lowest BCUT2D eigenvalue weighted by Crippen LogP contribution is -1.96. The predicted octanol–water partition coefficient (Wildman–Crippen LogP) is 3.39. The van der Waals surface area contributed by atoms with Crippen molar-refractivity contribution in [2.24, 2.45) is 0 Å². The molecule has 2 rings (SSSR count). The van der Waals surface area contributed by atoms with Crippen LogP contribution in [0.2, 0.25) is 0 Å². The molecule has 0 aliphatic carbocycles. The zero-order valence-electron chi connectivity index (χ0n) is 8.17. The largest absolute Gasteiger partial charge is 0.552 e. The van der Waals surface area contributed by atoms with Crippen molar-refractivity contribution in [1.82, 2.24) is 0 Å². The van der Waals surface area contributed by atoms with Gasteiger partial charge in [0.05, 0.1) is 5.75 Å². The summed E-state index contributed by atoms with van der Waals surface area (Å²) in [5.74, 6) is 0.862. The quantitative estimate of drug-likeness (QED) is 0.720. The van der Waals surface area contributed by atoms with Crippen molar-refractivity contribution in [3.8, 4) is 5.75 Å². The lowest BCUT2D eigenvalue weighted by Gasteiger charge is -2.03. The van der Waals surface area contributed by atoms with Crippen LogP contribution in [0.3, 0.4) is 0 Å². The summed E-state index contributed by atoms with van der Waals surface area (Å²) in [6, 6.07) is 19.9. The van der Waals surface area contributed by atoms with Gasteiger partial charge in [0, 0.05) is 0 Å². The zero-order valence-corrected chi connectivity index (χ0v) is 8.98. The van der Waals surface area contributed by atoms with Gasteiger partial charge in [-0.3, -0.25) is 0 Å². The van der Waals surface area contributed by atoms with Crippen LogP contribution >= 0.6 is 11.6 Å². The summed E-state index contributed by atoms with van der Waals surface area (Å²) < 4.78 is 5.45. The molecule has 2 aromatic rings. The van der Waals surface area contributed by atoms with Crippen LogP contribution in [0.15, 0.2) is 65.6 Å². The van der Waals surface area contributed by atoms with Crippen molar-refractivity contribution < 1.29 is 4.65 Å². The van der Waals surface area contributed by atoms with Gasteiger partial charge >= 0.3 is 6.76 Å². The highest BCUT2D eigenvalue weighted by Gasteiger charge is 1.98. The molecule has 0 aliphatic heterocycles. The van der Waals surface area contributed by atoms with E-state index in [-0.39, 0.29) is 0 Å². The third-order valence-corrected chi connectivity index (χ3v) is 2.59. The van der Waals surface area contributed by atoms with Gasteiger partial charge < -0.3 is 4.65 Å². The summed E-state index contributed by atoms with van der Waals surface area (Å²) in [6.45, 7) is 1.74. The summed E-state index contributed by atoms with van der Waals surface area (Å²) in [5.41, 5.74) is 0. The second-order valence-electron chi connectivity index (χ2n) is 2.96. The molecule has 0 aliphatic rings. The molecular formula is C12H10BOS. The number of hydrogen-bond donors (Lipinski definition) is 0. The Morgan fingerprint density at radius 1 is 0.800 bits per heavy atom. The first-order valence-electron chi connectivity index (χ1n) is 4.70. The van der Waals surface area contributed by atoms with Crippen molar-refractivity contribution >= 4 is 18.4 Å². The van der Waals surface area contributed by atoms with E-state index in [4.69, 9.17) is 4.65 Å². The van der Waals surface area contributed by atoms with E-state index >= 15 is 0 Å². The van der Waals surface area contributed by atoms with Crippen LogP contribution < -0.4 is 4.65 Å². The summed E-state index contributed by atoms with van der Waals surface area (Å²) in [4.78, 5) is 1.17. The number of rotatable bonds is 4. The van der Waals surface area contributed by atoms with Gasteiger partial charge in [-0.2, -0.15) is 0 Å². The monoisotopic (exact) mass is 213 g/mol. The van der Waals surface area contributed by atoms with E-state index in [0.717, 1.165) is 5.75 Å². The highest BCUT2D eigenvalue weighted by atomic mass is 32.2. The van der Waals surface area contributed by atoms with E-state index in [1.165, 1.54) is 4.90 Å². The summed E-state index contributed by atoms with van der Waals surface area (Å²) in [6.07, 6.45) is 0. The minimum Gasteiger partial charge on any atom is -0.552 e. The molecule has 1 nitrogen and oxygen atoms in total. The Hall–Kier alpha value is -1.35. The van der Waals surface area contributed by atoms with E-state index < -0.39 is 0 Å². The first-order chi connectivity index (χ1) is 7.45. The van der Waals surface area contributed by atoms with Crippen molar-refractivity contribution in [2.45, 2.75) is 4.90 Å². The Kier molecular flexibility index (Phi) is 3.74. The first kappa shape index (κ1) is 10.2. The van der Waals surface area contributed by atoms with Crippen molar-refractivity contribution in [1.29, 1.82) is 0 Å². The molecular weight excluding hydrogens is 203 g/mol. The smallest absolute Gasteiger partial charge is 0.456 e. The Labute approximate surface area is 94.6 Å². The first-order valence-corrected chi connectivity index (χ1v) is 5.58. The van der Waals surface area contributed by atoms with Crippen LogP contribution in [-0.2, 0) is 0 Å². The van der Waals surface area contributed by atoms with Gasteiger partial charge in [0.15, 0.2) is 0 Å². The van der Waals surface area contributed by atoms with E-state index in [1.807, 2.05) is 48.5 Å². The normalized spacial score (nSPS) is 9.60. The standard InChI is InChI=1S/C12H10BOS/c1-3-7-11(8-4-1)14-13-15-12-9-5-2-6-10-12/h1-10H. The molecule has 73 valence electrons. The van der Waals surface area contributed by atoms with E-state index in [9.17, 15) is 0 Å². The minimum absolute atomic E-state index is 0.862. The Morgan fingerprint density at radius 2 is 1.40 bits per heavy atom. The van der Waals surface area contributed by atoms with Crippen LogP contribution in [0.1, 0.15) is 0 Å². The molecule has 0 fully saturated rings. The summed E-state index contributed by atoms with van der Waals surface area (Å²) in [5, 5.41) is 0. The van der Waals surface area contributed by atoms with E-state index in [2.05, 4.69) is 12.1 Å². The molecule has 15 heavy (non-hydrogen) atoms. The molecule has 0 atom stereocenters. The minimum atomic E-state index is 0.862. The fraction of sp³-hybridized carbons (Fsp3) is 0. The van der Waals surface area contributed by atoms with Crippen LogP contribution in [0.5, 0.6) is 5.75 Å². The maximum atomic E-state index is 5.45. The Morgan fingerprint density at radius 3 is 2.07 bits per heavy atom. The molecule has 0 N–H and O–H groups in total. The van der Waals surface area contributed by atoms with Crippen LogP contribution in [0.25, 0.3) is 0 Å². The molecule has 2 aromatic carbocycles. The van der Waals surface area contributed by atoms with Crippen molar-refractivity contribution in [3.05, 3.63) is 60.7 Å². The molecule has 0 saturated heterocycles. The fourth-order valence-corrected chi connectivity index (χ4v) is 1.72. The average molecular weight is 213 g/mol. The lowest BCUT2D eigenvalue weighted by molar-refractivity contribution is 0.611. The molecule has 0 unspecified atom stereocenters. The van der Waals surface area contributed by atoms with Gasteiger partial charge in [-0.15, -0.1) is 11.6 Å². The number of para-hydroxylation sites is 1. The van der Waals surface area contributed by atoms with Crippen LogP contribution in [0, 0.1) is 0 Å². The highest BCUT2D eigenvalue weighted by molar-refractivity contribution is 8.21. The Balaban J connectivity index is 1.81. The van der Waals surface area contributed by atoms with Crippen LogP contribution in [0.4, 0.5) is 0 Å². The van der Waals surface area contributed by atoms with Gasteiger partial charge in [0.25, 0.3) is 0 Å². The molecule has 0 amide bonds. The van der Waals surface area contributed by atoms with Gasteiger partial charge in [0.2, 0.25) is 0 Å². The molecule has 3 heteroatoms. The zero-order chi connectivity index (χ0) is 10.3. The van der Waals surface area contributed by atoms with Gasteiger partial charge in [-0.05, 0) is 29.2 Å². The molecule has 0 heterocycles. The topological polar surface area (TPSA) is 9.23 Å². The second-order valence-corrected chi connectivity index (χ2v) is 3.86. The maximum absolute atomic E-state index is 5.45. The summed E-state index contributed by atoms with van der Waals surface area (Å²) in [7, 11) is 0. The SMILES string of the molecule is [B](Oc1ccccc1)Sc1ccccc1. The van der Waals surface area contributed by atoms with Gasteiger partial charge in [0.1, 0.15) is 0 Å². The van der Waals surface area contributed by atoms with Crippen molar-refractivity contribution in [2.75, 3.05) is 0 Å². The van der Waals surface area contributed by atoms with Crippen molar-refractivity contribution in [3.63, 3.8) is 0 Å². The molecule has 0 aromatic heterocycles. The summed E-state index contributed by atoms with van der Waals surface area (Å²) >= 11 is 1.57. The third kappa shape index (κ3) is 3.37. The molecule has 0 bridgehead atoms. The van der Waals surface area contributed by atoms with E-state index in [0.29, 0.717) is 0 Å². The third-order valence-electron chi connectivity index (χ3n) is 1.85. The Bertz CT molecular complexity index is 351. The number of benzene rings is 2. The predicted molar refractivity (Wildman–Crippen MR) is 65.1 cm³/mol. The fourth-order valence-electron chi connectivity index (χ4n) is 1.13. The van der Waals surface area contributed by atoms with Crippen LogP contribution in [-0.4, -0.2) is 6.76 Å². The maximum Gasteiger partial charge on any atom is 0.456 e. The average Bonchev–Trinajstić information content (AvgIpc) is 2.32.